The van der Waals surface area contributed by atoms with Crippen molar-refractivity contribution in [2.24, 2.45) is 0 Å². The van der Waals surface area contributed by atoms with Gasteiger partial charge in [0.2, 0.25) is 0 Å². The van der Waals surface area contributed by atoms with E-state index in [1.54, 1.807) is 14.0 Å². The average molecular weight is 178 g/mol. The lowest BCUT2D eigenvalue weighted by molar-refractivity contribution is 0.556. The molecule has 0 saturated carbocycles. The van der Waals surface area contributed by atoms with Gasteiger partial charge in [-0.25, -0.2) is 4.68 Å². The Morgan fingerprint density at radius 1 is 1.77 bits per heavy atom. The molecule has 0 radical (unpaired) electrons. The molecule has 1 heterocycles. The molecule has 0 aliphatic carbocycles. The van der Waals surface area contributed by atoms with E-state index in [4.69, 9.17) is 5.26 Å². The molecule has 1 rings (SSSR count). The van der Waals surface area contributed by atoms with Crippen molar-refractivity contribution in [2.75, 3.05) is 12.4 Å². The van der Waals surface area contributed by atoms with Gasteiger partial charge in [0, 0.05) is 13.1 Å². The lowest BCUT2D eigenvalue weighted by Crippen LogP contribution is -2.24. The Morgan fingerprint density at radius 3 is 2.92 bits per heavy atom. The normalized spacial score (nSPS) is 11.8. The Bertz CT molecular complexity index is 390. The molecule has 0 amide bonds. The summed E-state index contributed by atoms with van der Waals surface area (Å²) >= 11 is 0. The Morgan fingerprint density at radius 2 is 2.46 bits per heavy atom. The van der Waals surface area contributed by atoms with Crippen LogP contribution in [0, 0.1) is 11.3 Å². The van der Waals surface area contributed by atoms with Crippen molar-refractivity contribution in [1.82, 2.24) is 9.78 Å². The highest BCUT2D eigenvalue weighted by atomic mass is 16.1. The second kappa shape index (κ2) is 3.72. The van der Waals surface area contributed by atoms with E-state index in [1.165, 1.54) is 12.3 Å². The van der Waals surface area contributed by atoms with Crippen molar-refractivity contribution in [3.63, 3.8) is 0 Å². The van der Waals surface area contributed by atoms with Crippen LogP contribution in [0.25, 0.3) is 0 Å². The van der Waals surface area contributed by atoms with E-state index in [1.807, 2.05) is 6.07 Å². The van der Waals surface area contributed by atoms with Gasteiger partial charge >= 0.3 is 0 Å². The topological polar surface area (TPSA) is 70.7 Å². The molecule has 1 aromatic rings. The Labute approximate surface area is 75.6 Å². The summed E-state index contributed by atoms with van der Waals surface area (Å²) in [5.41, 5.74) is 0.368. The van der Waals surface area contributed by atoms with Crippen LogP contribution >= 0.6 is 0 Å². The molecule has 5 heteroatoms. The zero-order chi connectivity index (χ0) is 9.84. The number of nitriles is 1. The highest BCUT2D eigenvalue weighted by Gasteiger charge is 2.05. The molecule has 13 heavy (non-hydrogen) atoms. The number of hydrogen-bond acceptors (Lipinski definition) is 4. The maximum absolute atomic E-state index is 11.3. The van der Waals surface area contributed by atoms with Gasteiger partial charge in [-0.1, -0.05) is 0 Å². The summed E-state index contributed by atoms with van der Waals surface area (Å²) in [6.07, 6.45) is 1.51. The zero-order valence-electron chi connectivity index (χ0n) is 7.48. The van der Waals surface area contributed by atoms with E-state index < -0.39 is 6.04 Å². The number of nitrogens with one attached hydrogen (secondary N) is 1. The van der Waals surface area contributed by atoms with Crippen LogP contribution in [0.4, 0.5) is 5.69 Å². The first-order valence-corrected chi connectivity index (χ1v) is 3.85. The number of anilines is 1. The van der Waals surface area contributed by atoms with Crippen molar-refractivity contribution < 1.29 is 0 Å². The molecule has 1 aromatic heterocycles. The van der Waals surface area contributed by atoms with E-state index in [9.17, 15) is 4.79 Å². The van der Waals surface area contributed by atoms with Gasteiger partial charge in [0.15, 0.2) is 0 Å². The van der Waals surface area contributed by atoms with Crippen LogP contribution in [-0.4, -0.2) is 16.8 Å². The summed E-state index contributed by atoms with van der Waals surface area (Å²) in [4.78, 5) is 11.3. The monoisotopic (exact) mass is 178 g/mol. The smallest absolute Gasteiger partial charge is 0.270 e. The fraction of sp³-hybridized carbons (Fsp3) is 0.375. The van der Waals surface area contributed by atoms with Crippen LogP contribution in [0.5, 0.6) is 0 Å². The molecule has 0 aliphatic heterocycles. The van der Waals surface area contributed by atoms with Crippen molar-refractivity contribution in [3.05, 3.63) is 22.6 Å². The Hall–Kier alpha value is -1.83. The molecule has 0 spiro atoms. The minimum absolute atomic E-state index is 0.277. The summed E-state index contributed by atoms with van der Waals surface area (Å²) in [5.74, 6) is 0. The third kappa shape index (κ3) is 1.85. The summed E-state index contributed by atoms with van der Waals surface area (Å²) in [7, 11) is 1.70. The zero-order valence-corrected chi connectivity index (χ0v) is 7.48. The van der Waals surface area contributed by atoms with Crippen molar-refractivity contribution in [1.29, 1.82) is 5.26 Å². The molecule has 68 valence electrons. The van der Waals surface area contributed by atoms with Crippen molar-refractivity contribution >= 4 is 5.69 Å². The fourth-order valence-electron chi connectivity index (χ4n) is 0.900. The van der Waals surface area contributed by atoms with Gasteiger partial charge in [-0.3, -0.25) is 4.79 Å². The van der Waals surface area contributed by atoms with E-state index in [0.717, 1.165) is 4.68 Å². The first kappa shape index (κ1) is 9.26. The predicted octanol–water partition coefficient (Wildman–Crippen LogP) is 0.370. The Balaban J connectivity index is 3.15. The standard InChI is InChI=1S/C8H10N4O/c1-6(4-9)12-8(13)3-7(10-2)5-11-12/h3,5-6,10H,1-2H3. The van der Waals surface area contributed by atoms with Crippen LogP contribution in [0.1, 0.15) is 13.0 Å². The quantitative estimate of drug-likeness (QED) is 0.710. The van der Waals surface area contributed by atoms with E-state index >= 15 is 0 Å². The second-order valence-corrected chi connectivity index (χ2v) is 2.58. The average Bonchev–Trinajstić information content (AvgIpc) is 2.16. The third-order valence-corrected chi connectivity index (χ3v) is 1.67. The lowest BCUT2D eigenvalue weighted by atomic mass is 10.4. The molecular formula is C8H10N4O. The van der Waals surface area contributed by atoms with Crippen LogP contribution in [0.2, 0.25) is 0 Å². The SMILES string of the molecule is CNc1cnn(C(C)C#N)c(=O)c1. The second-order valence-electron chi connectivity index (χ2n) is 2.58. The third-order valence-electron chi connectivity index (χ3n) is 1.67. The first-order chi connectivity index (χ1) is 6.19. The van der Waals surface area contributed by atoms with Gasteiger partial charge in [-0.15, -0.1) is 0 Å². The van der Waals surface area contributed by atoms with Gasteiger partial charge in [0.1, 0.15) is 6.04 Å². The van der Waals surface area contributed by atoms with Gasteiger partial charge in [-0.2, -0.15) is 10.4 Å². The van der Waals surface area contributed by atoms with Gasteiger partial charge in [0.25, 0.3) is 5.56 Å². The van der Waals surface area contributed by atoms with E-state index in [2.05, 4.69) is 10.4 Å². The summed E-state index contributed by atoms with van der Waals surface area (Å²) < 4.78 is 1.14. The maximum atomic E-state index is 11.3. The molecule has 0 fully saturated rings. The van der Waals surface area contributed by atoms with Crippen LogP contribution in [0.15, 0.2) is 17.1 Å². The predicted molar refractivity (Wildman–Crippen MR) is 48.4 cm³/mol. The maximum Gasteiger partial charge on any atom is 0.270 e. The lowest BCUT2D eigenvalue weighted by Gasteiger charge is -2.05. The van der Waals surface area contributed by atoms with Crippen LogP contribution < -0.4 is 10.9 Å². The summed E-state index contributed by atoms with van der Waals surface area (Å²) in [6, 6.07) is 2.81. The number of nitrogens with zero attached hydrogens (tertiary/aromatic N) is 3. The first-order valence-electron chi connectivity index (χ1n) is 3.85. The molecule has 0 bridgehead atoms. The van der Waals surface area contributed by atoms with Crippen LogP contribution in [0.3, 0.4) is 0 Å². The molecule has 1 unspecified atom stereocenters. The van der Waals surface area contributed by atoms with Crippen LogP contribution in [-0.2, 0) is 0 Å². The fourth-order valence-corrected chi connectivity index (χ4v) is 0.900. The number of hydrogen-bond donors (Lipinski definition) is 1. The van der Waals surface area contributed by atoms with Crippen molar-refractivity contribution in [3.8, 4) is 6.07 Å². The largest absolute Gasteiger partial charge is 0.387 e. The van der Waals surface area contributed by atoms with Gasteiger partial charge < -0.3 is 5.32 Å². The highest BCUT2D eigenvalue weighted by molar-refractivity contribution is 5.37. The summed E-state index contributed by atoms with van der Waals surface area (Å²) in [6.45, 7) is 1.62. The van der Waals surface area contributed by atoms with E-state index in [-0.39, 0.29) is 5.56 Å². The molecule has 0 aliphatic rings. The molecule has 5 nitrogen and oxygen atoms in total. The summed E-state index contributed by atoms with van der Waals surface area (Å²) in [5, 5.41) is 15.2. The highest BCUT2D eigenvalue weighted by Crippen LogP contribution is 2.01. The number of rotatable bonds is 2. The van der Waals surface area contributed by atoms with Gasteiger partial charge in [0.05, 0.1) is 18.0 Å². The Kier molecular flexibility index (Phi) is 2.65. The molecule has 1 atom stereocenters. The minimum atomic E-state index is -0.529. The van der Waals surface area contributed by atoms with Gasteiger partial charge in [-0.05, 0) is 6.92 Å². The molecule has 1 N–H and O–H groups in total. The van der Waals surface area contributed by atoms with Crippen molar-refractivity contribution in [2.45, 2.75) is 13.0 Å². The molecule has 0 aromatic carbocycles. The molecular weight excluding hydrogens is 168 g/mol. The van der Waals surface area contributed by atoms with E-state index in [0.29, 0.717) is 5.69 Å². The number of aromatic nitrogens is 2. The minimum Gasteiger partial charge on any atom is -0.387 e. The molecule has 0 saturated heterocycles.